The first kappa shape index (κ1) is 9.21. The zero-order valence-electron chi connectivity index (χ0n) is 7.29. The Morgan fingerprint density at radius 2 is 1.17 bits per heavy atom. The van der Waals surface area contributed by atoms with Gasteiger partial charge in [-0.1, -0.05) is 19.3 Å². The van der Waals surface area contributed by atoms with E-state index in [1.165, 1.54) is 38.5 Å². The van der Waals surface area contributed by atoms with E-state index < -0.39 is 0 Å². The minimum Gasteiger partial charge on any atom is -0.672 e. The van der Waals surface area contributed by atoms with Gasteiger partial charge in [0.25, 0.3) is 0 Å². The summed E-state index contributed by atoms with van der Waals surface area (Å²) in [5.74, 6) is 2.87. The van der Waals surface area contributed by atoms with Crippen molar-refractivity contribution in [2.45, 2.75) is 44.1 Å². The fourth-order valence-corrected chi connectivity index (χ4v) is 4.11. The van der Waals surface area contributed by atoms with Crippen molar-refractivity contribution in [2.75, 3.05) is 0 Å². The molecule has 1 N–H and O–H groups in total. The molecule has 0 radical (unpaired) electrons. The Balaban J connectivity index is 0.000000563. The van der Waals surface area contributed by atoms with Gasteiger partial charge in [0.15, 0.2) is 0 Å². The average molecular weight is 345 g/mol. The minimum atomic E-state index is 0. The first-order valence-electron chi connectivity index (χ1n) is 4.98. The molecule has 0 aromatic carbocycles. The molecule has 0 unspecified atom stereocenters. The summed E-state index contributed by atoms with van der Waals surface area (Å²) in [6, 6.07) is 0. The van der Waals surface area contributed by atoms with Crippen LogP contribution in [-0.2, 0) is 21.1 Å². The molecule has 1 nitrogen and oxygen atoms in total. The van der Waals surface area contributed by atoms with E-state index >= 15 is 0 Å². The van der Waals surface area contributed by atoms with Gasteiger partial charge in [-0.15, -0.1) is 5.54 Å². The Hall–Kier alpha value is 0.648. The van der Waals surface area contributed by atoms with Crippen LogP contribution in [0.4, 0.5) is 0 Å². The Bertz CT molecular complexity index is 155. The van der Waals surface area contributed by atoms with Crippen LogP contribution in [-0.4, -0.2) is 5.54 Å². The van der Waals surface area contributed by atoms with Crippen molar-refractivity contribution in [2.24, 2.45) is 17.8 Å². The predicted molar refractivity (Wildman–Crippen MR) is 45.2 cm³/mol. The molecule has 0 atom stereocenters. The van der Waals surface area contributed by atoms with Crippen LogP contribution in [0.15, 0.2) is 0 Å². The van der Waals surface area contributed by atoms with Crippen molar-refractivity contribution >= 4 is 0 Å². The summed E-state index contributed by atoms with van der Waals surface area (Å²) in [7, 11) is 0. The second-order valence-corrected chi connectivity index (χ2v) is 5.20. The third kappa shape index (κ3) is 1.30. The van der Waals surface area contributed by atoms with Crippen LogP contribution in [0.1, 0.15) is 38.5 Å². The average Bonchev–Trinajstić information content (AvgIpc) is 1.79. The van der Waals surface area contributed by atoms with Crippen LogP contribution in [0.2, 0.25) is 0 Å². The molecule has 4 saturated carbocycles. The normalized spacial score (nSPS) is 55.2. The van der Waals surface area contributed by atoms with Crippen LogP contribution in [0.5, 0.6) is 0 Å². The zero-order chi connectivity index (χ0) is 7.47. The molecule has 0 aliphatic heterocycles. The van der Waals surface area contributed by atoms with E-state index in [9.17, 15) is 0 Å². The summed E-state index contributed by atoms with van der Waals surface area (Å²) in [5, 5.41) is 0. The maximum Gasteiger partial charge on any atom is 0 e. The van der Waals surface area contributed by atoms with Crippen molar-refractivity contribution in [3.05, 3.63) is 5.73 Å². The van der Waals surface area contributed by atoms with Crippen molar-refractivity contribution in [3.63, 3.8) is 0 Å². The first-order valence-corrected chi connectivity index (χ1v) is 4.98. The molecule has 4 rings (SSSR count). The smallest absolute Gasteiger partial charge is 0 e. The van der Waals surface area contributed by atoms with Gasteiger partial charge in [-0.25, -0.2) is 0 Å². The van der Waals surface area contributed by atoms with E-state index in [1.807, 2.05) is 0 Å². The maximum atomic E-state index is 8.21. The first-order chi connectivity index (χ1) is 5.23. The number of hydrogen-bond acceptors (Lipinski definition) is 0. The van der Waals surface area contributed by atoms with Gasteiger partial charge in [-0.2, -0.15) is 0 Å². The molecule has 4 fully saturated rings. The van der Waals surface area contributed by atoms with Crippen LogP contribution in [0.3, 0.4) is 0 Å². The van der Waals surface area contributed by atoms with Gasteiger partial charge in [-0.05, 0) is 37.0 Å². The standard InChI is InChI=1S/C10H16N.Pt/c11-10-4-7-1-8(5-10)3-9(2-7)6-10;/h7-9,11H,1-6H2;/q-1;. The van der Waals surface area contributed by atoms with Crippen molar-refractivity contribution in [1.29, 1.82) is 0 Å². The van der Waals surface area contributed by atoms with E-state index in [0.29, 0.717) is 0 Å². The fourth-order valence-electron chi connectivity index (χ4n) is 4.11. The second-order valence-electron chi connectivity index (χ2n) is 5.20. The molecule has 0 spiro atoms. The molecule has 2 heteroatoms. The topological polar surface area (TPSA) is 23.8 Å². The van der Waals surface area contributed by atoms with E-state index in [4.69, 9.17) is 5.73 Å². The van der Waals surface area contributed by atoms with Crippen LogP contribution < -0.4 is 0 Å². The third-order valence-corrected chi connectivity index (χ3v) is 4.04. The second kappa shape index (κ2) is 2.82. The van der Waals surface area contributed by atoms with E-state index in [-0.39, 0.29) is 26.6 Å². The molecule has 12 heavy (non-hydrogen) atoms. The van der Waals surface area contributed by atoms with Crippen molar-refractivity contribution in [1.82, 2.24) is 0 Å². The van der Waals surface area contributed by atoms with Crippen molar-refractivity contribution in [3.8, 4) is 0 Å². The molecule has 4 bridgehead atoms. The third-order valence-electron chi connectivity index (χ3n) is 4.04. The van der Waals surface area contributed by atoms with Gasteiger partial charge in [0.1, 0.15) is 0 Å². The van der Waals surface area contributed by atoms with Crippen LogP contribution in [0, 0.1) is 17.8 Å². The van der Waals surface area contributed by atoms with Crippen LogP contribution >= 0.6 is 0 Å². The summed E-state index contributed by atoms with van der Waals surface area (Å²) in [4.78, 5) is 0. The zero-order valence-corrected chi connectivity index (χ0v) is 9.56. The minimum absolute atomic E-state index is 0. The van der Waals surface area contributed by atoms with Gasteiger partial charge >= 0.3 is 0 Å². The SMILES string of the molecule is [NH-]C12CC3CC(CC(C3)C1)C2.[Pt]. The molecular formula is C10H16NPt-. The summed E-state index contributed by atoms with van der Waals surface area (Å²) < 4.78 is 0. The van der Waals surface area contributed by atoms with Crippen molar-refractivity contribution < 1.29 is 21.1 Å². The Kier molecular flexibility index (Phi) is 2.16. The molecule has 0 saturated heterocycles. The Morgan fingerprint density at radius 1 is 0.833 bits per heavy atom. The summed E-state index contributed by atoms with van der Waals surface area (Å²) in [6.45, 7) is 0. The number of nitrogens with one attached hydrogen (secondary N) is 1. The summed E-state index contributed by atoms with van der Waals surface area (Å²) >= 11 is 0. The Morgan fingerprint density at radius 3 is 1.42 bits per heavy atom. The molecule has 4 aliphatic rings. The quantitative estimate of drug-likeness (QED) is 0.645. The van der Waals surface area contributed by atoms with Gasteiger partial charge in [0.2, 0.25) is 0 Å². The monoisotopic (exact) mass is 345 g/mol. The Labute approximate surface area is 88.7 Å². The molecule has 0 aromatic heterocycles. The van der Waals surface area contributed by atoms with Gasteiger partial charge in [-0.3, -0.25) is 0 Å². The largest absolute Gasteiger partial charge is 0.672 e. The molecule has 0 heterocycles. The van der Waals surface area contributed by atoms with E-state index in [1.54, 1.807) is 0 Å². The molecule has 4 aliphatic carbocycles. The number of hydrogen-bond donors (Lipinski definition) is 0. The summed E-state index contributed by atoms with van der Waals surface area (Å²) in [5.41, 5.74) is 8.26. The van der Waals surface area contributed by atoms with Crippen LogP contribution in [0.25, 0.3) is 5.73 Å². The summed E-state index contributed by atoms with van der Waals surface area (Å²) in [6.07, 6.45) is 8.12. The van der Waals surface area contributed by atoms with Gasteiger partial charge < -0.3 is 5.73 Å². The maximum absolute atomic E-state index is 8.21. The van der Waals surface area contributed by atoms with Gasteiger partial charge in [0.05, 0.1) is 0 Å². The predicted octanol–water partition coefficient (Wildman–Crippen LogP) is 3.00. The molecule has 0 amide bonds. The number of rotatable bonds is 0. The molecule has 0 aromatic rings. The van der Waals surface area contributed by atoms with E-state index in [0.717, 1.165) is 17.8 Å². The van der Waals surface area contributed by atoms with Gasteiger partial charge in [0, 0.05) is 21.1 Å². The van der Waals surface area contributed by atoms with E-state index in [2.05, 4.69) is 0 Å². The molecular weight excluding hydrogens is 329 g/mol. The molecule has 72 valence electrons. The fraction of sp³-hybridized carbons (Fsp3) is 1.00.